The van der Waals surface area contributed by atoms with Crippen LogP contribution in [0.3, 0.4) is 0 Å². The van der Waals surface area contributed by atoms with Crippen LogP contribution >= 0.6 is 0 Å². The number of para-hydroxylation sites is 1. The Kier molecular flexibility index (Phi) is 5.57. The molecule has 3 aromatic carbocycles. The maximum Gasteiger partial charge on any atom is 0.338 e. The Bertz CT molecular complexity index is 1230. The molecule has 0 aliphatic rings. The zero-order valence-electron chi connectivity index (χ0n) is 16.8. The van der Waals surface area contributed by atoms with Gasteiger partial charge in [0.1, 0.15) is 6.61 Å². The minimum atomic E-state index is -0.551. The van der Waals surface area contributed by atoms with Crippen LogP contribution in [-0.2, 0) is 11.3 Å². The number of nitro benzene ring substituents is 1. The lowest BCUT2D eigenvalue weighted by molar-refractivity contribution is -0.385. The molecule has 0 spiro atoms. The number of hydrogen-bond donors (Lipinski definition) is 0. The fourth-order valence-corrected chi connectivity index (χ4v) is 3.28. The first kappa shape index (κ1) is 20.0. The van der Waals surface area contributed by atoms with Crippen LogP contribution in [0, 0.1) is 17.0 Å². The first-order chi connectivity index (χ1) is 15.0. The van der Waals surface area contributed by atoms with Gasteiger partial charge in [-0.2, -0.15) is 5.10 Å². The molecule has 1 aromatic heterocycles. The SMILES string of the molecule is Cc1cc(C(=O)OCc2cn(-c3ccccc3)nc2-c2ccccc2)ccc1[N+](=O)[O-]. The third-order valence-corrected chi connectivity index (χ3v) is 4.85. The van der Waals surface area contributed by atoms with Crippen LogP contribution in [0.25, 0.3) is 16.9 Å². The molecule has 0 aliphatic heterocycles. The molecule has 0 radical (unpaired) electrons. The van der Waals surface area contributed by atoms with Gasteiger partial charge < -0.3 is 4.74 Å². The standard InChI is InChI=1S/C24H19N3O4/c1-17-14-19(12-13-22(17)27(29)30)24(28)31-16-20-15-26(21-10-6-3-7-11-21)25-23(20)18-8-4-2-5-9-18/h2-15H,16H2,1H3. The number of aryl methyl sites for hydroxylation is 1. The average Bonchev–Trinajstić information content (AvgIpc) is 3.22. The van der Waals surface area contributed by atoms with Crippen molar-refractivity contribution in [2.45, 2.75) is 13.5 Å². The number of carbonyl (C=O) groups is 1. The smallest absolute Gasteiger partial charge is 0.338 e. The van der Waals surface area contributed by atoms with Crippen molar-refractivity contribution in [2.24, 2.45) is 0 Å². The fraction of sp³-hybridized carbons (Fsp3) is 0.0833. The number of nitro groups is 1. The van der Waals surface area contributed by atoms with Gasteiger partial charge in [-0.25, -0.2) is 9.48 Å². The van der Waals surface area contributed by atoms with Crippen LogP contribution in [0.2, 0.25) is 0 Å². The summed E-state index contributed by atoms with van der Waals surface area (Å²) in [7, 11) is 0. The molecule has 0 bridgehead atoms. The first-order valence-corrected chi connectivity index (χ1v) is 9.64. The molecule has 0 N–H and O–H groups in total. The number of carbonyl (C=O) groups excluding carboxylic acids is 1. The Labute approximate surface area is 178 Å². The molecule has 0 atom stereocenters. The number of ether oxygens (including phenoxy) is 1. The molecule has 7 heteroatoms. The summed E-state index contributed by atoms with van der Waals surface area (Å²) in [4.78, 5) is 23.1. The van der Waals surface area contributed by atoms with E-state index in [0.717, 1.165) is 22.5 Å². The quantitative estimate of drug-likeness (QED) is 0.249. The van der Waals surface area contributed by atoms with Gasteiger partial charge in [-0.1, -0.05) is 48.5 Å². The minimum Gasteiger partial charge on any atom is -0.457 e. The Morgan fingerprint density at radius 2 is 1.71 bits per heavy atom. The van der Waals surface area contributed by atoms with Gasteiger partial charge in [0.05, 0.1) is 21.9 Å². The highest BCUT2D eigenvalue weighted by atomic mass is 16.6. The Morgan fingerprint density at radius 3 is 2.35 bits per heavy atom. The van der Waals surface area contributed by atoms with Crippen molar-refractivity contribution in [3.8, 4) is 16.9 Å². The molecule has 154 valence electrons. The molecule has 4 aromatic rings. The van der Waals surface area contributed by atoms with Gasteiger partial charge in [0.15, 0.2) is 0 Å². The van der Waals surface area contributed by atoms with Crippen LogP contribution < -0.4 is 0 Å². The Balaban J connectivity index is 1.60. The van der Waals surface area contributed by atoms with Crippen molar-refractivity contribution in [3.63, 3.8) is 0 Å². The van der Waals surface area contributed by atoms with E-state index in [-0.39, 0.29) is 17.9 Å². The summed E-state index contributed by atoms with van der Waals surface area (Å²) >= 11 is 0. The Hall–Kier alpha value is -4.26. The number of benzene rings is 3. The average molecular weight is 413 g/mol. The lowest BCUT2D eigenvalue weighted by atomic mass is 10.1. The summed E-state index contributed by atoms with van der Waals surface area (Å²) in [5.41, 5.74) is 3.91. The zero-order valence-corrected chi connectivity index (χ0v) is 16.8. The van der Waals surface area contributed by atoms with E-state index in [4.69, 9.17) is 9.84 Å². The molecule has 0 saturated heterocycles. The van der Waals surface area contributed by atoms with E-state index in [1.807, 2.05) is 66.9 Å². The van der Waals surface area contributed by atoms with Gasteiger partial charge in [-0.15, -0.1) is 0 Å². The first-order valence-electron chi connectivity index (χ1n) is 9.64. The predicted molar refractivity (Wildman–Crippen MR) is 116 cm³/mol. The van der Waals surface area contributed by atoms with E-state index in [1.54, 1.807) is 11.6 Å². The zero-order chi connectivity index (χ0) is 21.8. The second kappa shape index (κ2) is 8.62. The van der Waals surface area contributed by atoms with E-state index in [9.17, 15) is 14.9 Å². The topological polar surface area (TPSA) is 87.3 Å². The number of rotatable bonds is 6. The van der Waals surface area contributed by atoms with Crippen LogP contribution in [0.4, 0.5) is 5.69 Å². The van der Waals surface area contributed by atoms with Gasteiger partial charge in [0, 0.05) is 29.0 Å². The van der Waals surface area contributed by atoms with E-state index < -0.39 is 10.9 Å². The van der Waals surface area contributed by atoms with Crippen LogP contribution in [0.15, 0.2) is 85.1 Å². The van der Waals surface area contributed by atoms with Gasteiger partial charge in [0.25, 0.3) is 5.69 Å². The van der Waals surface area contributed by atoms with Gasteiger partial charge in [0.2, 0.25) is 0 Å². The maximum atomic E-state index is 12.6. The molecule has 4 rings (SSSR count). The lowest BCUT2D eigenvalue weighted by Gasteiger charge is -2.06. The van der Waals surface area contributed by atoms with E-state index in [0.29, 0.717) is 5.56 Å². The highest BCUT2D eigenvalue weighted by molar-refractivity contribution is 5.90. The largest absolute Gasteiger partial charge is 0.457 e. The second-order valence-corrected chi connectivity index (χ2v) is 6.98. The molecular weight excluding hydrogens is 394 g/mol. The van der Waals surface area contributed by atoms with Gasteiger partial charge >= 0.3 is 5.97 Å². The number of hydrogen-bond acceptors (Lipinski definition) is 5. The van der Waals surface area contributed by atoms with Crippen molar-refractivity contribution in [3.05, 3.63) is 112 Å². The summed E-state index contributed by atoms with van der Waals surface area (Å²) in [6, 6.07) is 23.5. The highest BCUT2D eigenvalue weighted by Crippen LogP contribution is 2.25. The van der Waals surface area contributed by atoms with Crippen molar-refractivity contribution < 1.29 is 14.5 Å². The normalized spacial score (nSPS) is 10.6. The Morgan fingerprint density at radius 1 is 1.03 bits per heavy atom. The molecule has 0 aliphatic carbocycles. The van der Waals surface area contributed by atoms with Crippen molar-refractivity contribution >= 4 is 11.7 Å². The highest BCUT2D eigenvalue weighted by Gasteiger charge is 2.17. The second-order valence-electron chi connectivity index (χ2n) is 6.98. The number of esters is 1. The molecule has 0 fully saturated rings. The fourth-order valence-electron chi connectivity index (χ4n) is 3.28. The summed E-state index contributed by atoms with van der Waals surface area (Å²) in [5, 5.41) is 15.7. The number of nitrogens with zero attached hydrogens (tertiary/aromatic N) is 3. The maximum absolute atomic E-state index is 12.6. The molecule has 7 nitrogen and oxygen atoms in total. The summed E-state index contributed by atoms with van der Waals surface area (Å²) in [5.74, 6) is -0.551. The van der Waals surface area contributed by atoms with E-state index in [2.05, 4.69) is 0 Å². The van der Waals surface area contributed by atoms with Crippen LogP contribution in [0.5, 0.6) is 0 Å². The third kappa shape index (κ3) is 4.35. The van der Waals surface area contributed by atoms with Crippen molar-refractivity contribution in [1.82, 2.24) is 9.78 Å². The van der Waals surface area contributed by atoms with Gasteiger partial charge in [-0.3, -0.25) is 10.1 Å². The minimum absolute atomic E-state index is 0.0198. The molecule has 31 heavy (non-hydrogen) atoms. The third-order valence-electron chi connectivity index (χ3n) is 4.85. The van der Waals surface area contributed by atoms with Crippen molar-refractivity contribution in [1.29, 1.82) is 0 Å². The summed E-state index contributed by atoms with van der Waals surface area (Å²) in [6.07, 6.45) is 1.84. The number of aromatic nitrogens is 2. The van der Waals surface area contributed by atoms with Gasteiger partial charge in [-0.05, 0) is 31.2 Å². The summed E-state index contributed by atoms with van der Waals surface area (Å²) in [6.45, 7) is 1.61. The predicted octanol–water partition coefficient (Wildman–Crippen LogP) is 5.11. The summed E-state index contributed by atoms with van der Waals surface area (Å²) < 4.78 is 7.27. The molecule has 1 heterocycles. The molecule has 0 unspecified atom stereocenters. The van der Waals surface area contributed by atoms with Crippen LogP contribution in [0.1, 0.15) is 21.5 Å². The van der Waals surface area contributed by atoms with Crippen molar-refractivity contribution in [2.75, 3.05) is 0 Å². The van der Waals surface area contributed by atoms with Crippen LogP contribution in [-0.4, -0.2) is 20.7 Å². The molecule has 0 amide bonds. The lowest BCUT2D eigenvalue weighted by Crippen LogP contribution is -2.06. The molecular formula is C24H19N3O4. The molecule has 0 saturated carbocycles. The van der Waals surface area contributed by atoms with E-state index >= 15 is 0 Å². The van der Waals surface area contributed by atoms with E-state index in [1.165, 1.54) is 18.2 Å². The monoisotopic (exact) mass is 413 g/mol.